The fraction of sp³-hybridized carbons (Fsp3) is 0.462. The zero-order chi connectivity index (χ0) is 14.3. The van der Waals surface area contributed by atoms with Crippen LogP contribution in [0.4, 0.5) is 0 Å². The highest BCUT2D eigenvalue weighted by atomic mass is 32.2. The third kappa shape index (κ3) is 5.23. The summed E-state index contributed by atoms with van der Waals surface area (Å²) in [5.41, 5.74) is 0.817. The van der Waals surface area contributed by atoms with E-state index in [-0.39, 0.29) is 4.90 Å². The van der Waals surface area contributed by atoms with Crippen molar-refractivity contribution in [1.29, 1.82) is 5.26 Å². The highest BCUT2D eigenvalue weighted by Crippen LogP contribution is 2.12. The topological polar surface area (TPSA) is 70.0 Å². The Morgan fingerprint density at radius 3 is 2.53 bits per heavy atom. The van der Waals surface area contributed by atoms with Gasteiger partial charge in [0.1, 0.15) is 0 Å². The molecule has 0 aliphatic carbocycles. The molecule has 104 valence electrons. The number of hydrogen-bond acceptors (Lipinski definition) is 4. The van der Waals surface area contributed by atoms with E-state index in [2.05, 4.69) is 4.72 Å². The number of thioether (sulfide) groups is 1. The molecule has 0 saturated heterocycles. The van der Waals surface area contributed by atoms with E-state index in [1.807, 2.05) is 19.2 Å². The molecular formula is C13H18N2O2S2. The third-order valence-electron chi connectivity index (χ3n) is 2.59. The van der Waals surface area contributed by atoms with Gasteiger partial charge in [-0.1, -0.05) is 19.1 Å². The van der Waals surface area contributed by atoms with E-state index in [1.54, 1.807) is 23.9 Å². The van der Waals surface area contributed by atoms with Gasteiger partial charge in [-0.3, -0.25) is 0 Å². The Bertz CT molecular complexity index is 533. The van der Waals surface area contributed by atoms with Gasteiger partial charge >= 0.3 is 0 Å². The highest BCUT2D eigenvalue weighted by molar-refractivity contribution is 7.98. The summed E-state index contributed by atoms with van der Waals surface area (Å²) < 4.78 is 26.7. The molecule has 0 aromatic heterocycles. The van der Waals surface area contributed by atoms with Crippen LogP contribution in [0.15, 0.2) is 29.2 Å². The van der Waals surface area contributed by atoms with Crippen LogP contribution in [0.1, 0.15) is 12.5 Å². The summed E-state index contributed by atoms with van der Waals surface area (Å²) in [6.45, 7) is 2.44. The number of rotatable bonds is 7. The number of hydrogen-bond donors (Lipinski definition) is 1. The molecule has 1 rings (SSSR count). The molecule has 19 heavy (non-hydrogen) atoms. The summed E-state index contributed by atoms with van der Waals surface area (Å²) in [5.74, 6) is 1.21. The van der Waals surface area contributed by atoms with E-state index in [4.69, 9.17) is 5.26 Å². The van der Waals surface area contributed by atoms with Crippen molar-refractivity contribution >= 4 is 21.8 Å². The zero-order valence-electron chi connectivity index (χ0n) is 11.1. The summed E-state index contributed by atoms with van der Waals surface area (Å²) >= 11 is 1.70. The highest BCUT2D eigenvalue weighted by Gasteiger charge is 2.14. The second kappa shape index (κ2) is 7.53. The molecule has 6 heteroatoms. The Balaban J connectivity index is 2.69. The van der Waals surface area contributed by atoms with Crippen molar-refractivity contribution in [2.45, 2.75) is 18.2 Å². The minimum absolute atomic E-state index is 0.241. The molecule has 1 N–H and O–H groups in total. The lowest BCUT2D eigenvalue weighted by Gasteiger charge is -2.11. The molecule has 0 bridgehead atoms. The van der Waals surface area contributed by atoms with E-state index in [9.17, 15) is 8.42 Å². The van der Waals surface area contributed by atoms with Crippen molar-refractivity contribution in [2.24, 2.45) is 5.92 Å². The number of nitriles is 1. The van der Waals surface area contributed by atoms with Crippen molar-refractivity contribution in [2.75, 3.05) is 18.6 Å². The molecule has 4 nitrogen and oxygen atoms in total. The van der Waals surface area contributed by atoms with Gasteiger partial charge in [-0.25, -0.2) is 13.1 Å². The zero-order valence-corrected chi connectivity index (χ0v) is 12.7. The Kier molecular flexibility index (Phi) is 6.35. The van der Waals surface area contributed by atoms with Crippen molar-refractivity contribution in [1.82, 2.24) is 4.72 Å². The first-order valence-corrected chi connectivity index (χ1v) is 8.81. The van der Waals surface area contributed by atoms with E-state index >= 15 is 0 Å². The Hall–Kier alpha value is -1.03. The average Bonchev–Trinajstić information content (AvgIpc) is 2.38. The largest absolute Gasteiger partial charge is 0.240 e. The Morgan fingerprint density at radius 2 is 2.00 bits per heavy atom. The van der Waals surface area contributed by atoms with Gasteiger partial charge in [0.15, 0.2) is 0 Å². The van der Waals surface area contributed by atoms with Gasteiger partial charge in [-0.2, -0.15) is 17.0 Å². The Labute approximate surface area is 119 Å². The van der Waals surface area contributed by atoms with Crippen LogP contribution in [0.25, 0.3) is 0 Å². The van der Waals surface area contributed by atoms with Crippen LogP contribution in [0.2, 0.25) is 0 Å². The lowest BCUT2D eigenvalue weighted by atomic mass is 10.2. The van der Waals surface area contributed by atoms with Crippen LogP contribution in [0, 0.1) is 17.2 Å². The molecule has 1 unspecified atom stereocenters. The lowest BCUT2D eigenvalue weighted by Crippen LogP contribution is -2.29. The fourth-order valence-electron chi connectivity index (χ4n) is 1.56. The van der Waals surface area contributed by atoms with Crippen LogP contribution in [0.5, 0.6) is 0 Å². The van der Waals surface area contributed by atoms with Gasteiger partial charge in [0, 0.05) is 6.54 Å². The minimum atomic E-state index is -3.45. The van der Waals surface area contributed by atoms with Crippen molar-refractivity contribution in [3.05, 3.63) is 29.8 Å². The van der Waals surface area contributed by atoms with E-state index < -0.39 is 10.0 Å². The second-order valence-corrected chi connectivity index (χ2v) is 7.07. The molecule has 1 aromatic rings. The first-order valence-electron chi connectivity index (χ1n) is 5.94. The van der Waals surface area contributed by atoms with E-state index in [0.717, 1.165) is 11.3 Å². The van der Waals surface area contributed by atoms with Crippen LogP contribution >= 0.6 is 11.8 Å². The molecule has 0 aliphatic rings. The van der Waals surface area contributed by atoms with Crippen molar-refractivity contribution < 1.29 is 8.42 Å². The van der Waals surface area contributed by atoms with Crippen LogP contribution in [-0.4, -0.2) is 27.0 Å². The van der Waals surface area contributed by atoms with Gasteiger partial charge in [-0.15, -0.1) is 0 Å². The number of sulfonamides is 1. The summed E-state index contributed by atoms with van der Waals surface area (Å²) in [7, 11) is -3.45. The number of nitrogens with one attached hydrogen (secondary N) is 1. The lowest BCUT2D eigenvalue weighted by molar-refractivity contribution is 0.562. The minimum Gasteiger partial charge on any atom is -0.211 e. The fourth-order valence-corrected chi connectivity index (χ4v) is 3.41. The molecule has 0 spiro atoms. The van der Waals surface area contributed by atoms with Gasteiger partial charge in [0.2, 0.25) is 10.0 Å². The third-order valence-corrected chi connectivity index (χ3v) is 4.93. The summed E-state index contributed by atoms with van der Waals surface area (Å²) in [6.07, 6.45) is 2.29. The van der Waals surface area contributed by atoms with E-state index in [1.165, 1.54) is 12.1 Å². The molecule has 0 radical (unpaired) electrons. The predicted octanol–water partition coefficient (Wildman–Crippen LogP) is 2.03. The molecule has 0 saturated carbocycles. The molecule has 1 aromatic carbocycles. The molecular weight excluding hydrogens is 280 g/mol. The molecule has 0 aliphatic heterocycles. The van der Waals surface area contributed by atoms with Gasteiger partial charge in [0.05, 0.1) is 17.4 Å². The van der Waals surface area contributed by atoms with Crippen LogP contribution < -0.4 is 4.72 Å². The van der Waals surface area contributed by atoms with Crippen molar-refractivity contribution in [3.63, 3.8) is 0 Å². The number of benzene rings is 1. The SMILES string of the molecule is CSCC(C)CNS(=O)(=O)c1ccc(CC#N)cc1. The molecule has 0 amide bonds. The first kappa shape index (κ1) is 16.0. The second-order valence-electron chi connectivity index (χ2n) is 4.39. The van der Waals surface area contributed by atoms with Crippen LogP contribution in [0.3, 0.4) is 0 Å². The molecule has 0 fully saturated rings. The van der Waals surface area contributed by atoms with Crippen molar-refractivity contribution in [3.8, 4) is 6.07 Å². The van der Waals surface area contributed by atoms with E-state index in [0.29, 0.717) is 18.9 Å². The summed E-state index contributed by atoms with van der Waals surface area (Å²) in [5, 5.41) is 8.56. The van der Waals surface area contributed by atoms with Gasteiger partial charge in [-0.05, 0) is 35.6 Å². The normalized spacial score (nSPS) is 12.9. The first-order chi connectivity index (χ1) is 8.99. The quantitative estimate of drug-likeness (QED) is 0.836. The molecule has 0 heterocycles. The predicted molar refractivity (Wildman–Crippen MR) is 78.5 cm³/mol. The maximum Gasteiger partial charge on any atom is 0.240 e. The summed E-state index contributed by atoms with van der Waals surface area (Å²) in [4.78, 5) is 0.241. The van der Waals surface area contributed by atoms with Gasteiger partial charge in [0.25, 0.3) is 0 Å². The van der Waals surface area contributed by atoms with Gasteiger partial charge < -0.3 is 0 Å². The standard InChI is InChI=1S/C13H18N2O2S2/c1-11(10-18-2)9-15-19(16,17)13-5-3-12(4-6-13)7-8-14/h3-6,11,15H,7,9-10H2,1-2H3. The van der Waals surface area contributed by atoms with Crippen LogP contribution in [-0.2, 0) is 16.4 Å². The summed E-state index contributed by atoms with van der Waals surface area (Å²) in [6, 6.07) is 8.44. The molecule has 1 atom stereocenters. The number of nitrogens with zero attached hydrogens (tertiary/aromatic N) is 1. The maximum atomic E-state index is 12.0. The monoisotopic (exact) mass is 298 g/mol. The smallest absolute Gasteiger partial charge is 0.211 e. The average molecular weight is 298 g/mol. The maximum absolute atomic E-state index is 12.0. The Morgan fingerprint density at radius 1 is 1.37 bits per heavy atom.